The van der Waals surface area contributed by atoms with Crippen LogP contribution in [0.1, 0.15) is 47.5 Å². The Labute approximate surface area is 164 Å². The van der Waals surface area contributed by atoms with E-state index in [1.165, 1.54) is 10.5 Å². The van der Waals surface area contributed by atoms with Gasteiger partial charge in [0.05, 0.1) is 17.1 Å². The third-order valence-electron chi connectivity index (χ3n) is 2.98. The van der Waals surface area contributed by atoms with Gasteiger partial charge in [0.1, 0.15) is 0 Å². The average Bonchev–Trinajstić information content (AvgIpc) is 2.58. The van der Waals surface area contributed by atoms with E-state index >= 15 is 0 Å². The molecule has 1 aliphatic rings. The van der Waals surface area contributed by atoms with E-state index in [0.717, 1.165) is 29.8 Å². The molecule has 0 unspecified atom stereocenters. The van der Waals surface area contributed by atoms with Crippen LogP contribution >= 0.6 is 34.2 Å². The van der Waals surface area contributed by atoms with E-state index in [-0.39, 0.29) is 5.78 Å². The number of aliphatic imine (C=N–C) groups is 1. The quantitative estimate of drug-likeness (QED) is 0.411. The number of nitrogens with two attached hydrogens (primary N) is 1. The Bertz CT molecular complexity index is 649. The van der Waals surface area contributed by atoms with Crippen molar-refractivity contribution in [3.63, 3.8) is 0 Å². The van der Waals surface area contributed by atoms with Gasteiger partial charge in [-0.2, -0.15) is 0 Å². The van der Waals surface area contributed by atoms with Crippen molar-refractivity contribution < 1.29 is 4.79 Å². The van der Waals surface area contributed by atoms with Gasteiger partial charge in [-0.3, -0.25) is 4.79 Å². The molecule has 0 saturated heterocycles. The van der Waals surface area contributed by atoms with E-state index in [0.29, 0.717) is 10.7 Å². The molecule has 0 aliphatic heterocycles. The molecule has 5 heteroatoms. The van der Waals surface area contributed by atoms with Gasteiger partial charge < -0.3 is 5.73 Å². The zero-order chi connectivity index (χ0) is 18.7. The van der Waals surface area contributed by atoms with Gasteiger partial charge in [0.15, 0.2) is 5.78 Å². The Kier molecular flexibility index (Phi) is 11.7. The van der Waals surface area contributed by atoms with Crippen molar-refractivity contribution in [2.24, 2.45) is 10.7 Å². The highest BCUT2D eigenvalue weighted by atomic mass is 127. The fourth-order valence-corrected chi connectivity index (χ4v) is 2.70. The van der Waals surface area contributed by atoms with Crippen LogP contribution in [0.25, 0.3) is 0 Å². The third-order valence-corrected chi connectivity index (χ3v) is 4.06. The van der Waals surface area contributed by atoms with Crippen molar-refractivity contribution in [1.29, 1.82) is 0 Å². The van der Waals surface area contributed by atoms with Crippen LogP contribution in [0.5, 0.6) is 0 Å². The van der Waals surface area contributed by atoms with Crippen molar-refractivity contribution in [3.8, 4) is 0 Å². The minimum atomic E-state index is -0.121. The Morgan fingerprint density at radius 3 is 2.38 bits per heavy atom. The van der Waals surface area contributed by atoms with Gasteiger partial charge in [-0.05, 0) is 63.3 Å². The molecule has 0 bridgehead atoms. The summed E-state index contributed by atoms with van der Waals surface area (Å²) in [4.78, 5) is 16.1. The van der Waals surface area contributed by atoms with Gasteiger partial charge >= 0.3 is 0 Å². The number of hydrogen-bond acceptors (Lipinski definition) is 3. The van der Waals surface area contributed by atoms with E-state index in [1.807, 2.05) is 45.9 Å². The highest BCUT2D eigenvalue weighted by Gasteiger charge is 2.18. The summed E-state index contributed by atoms with van der Waals surface area (Å²) in [6, 6.07) is 7.30. The fraction of sp³-hybridized carbons (Fsp3) is 0.368. The molecule has 1 aromatic rings. The number of rotatable bonds is 2. The molecule has 24 heavy (non-hydrogen) atoms. The Balaban J connectivity index is 0.00000123. The van der Waals surface area contributed by atoms with Crippen LogP contribution in [0.4, 0.5) is 5.69 Å². The van der Waals surface area contributed by atoms with E-state index < -0.39 is 0 Å². The van der Waals surface area contributed by atoms with Crippen LogP contribution in [0.2, 0.25) is 5.02 Å². The van der Waals surface area contributed by atoms with Gasteiger partial charge in [-0.1, -0.05) is 45.4 Å². The summed E-state index contributed by atoms with van der Waals surface area (Å²) in [7, 11) is 0. The summed E-state index contributed by atoms with van der Waals surface area (Å²) in [5, 5.41) is 0.631. The summed E-state index contributed by atoms with van der Waals surface area (Å²) >= 11 is 8.24. The summed E-state index contributed by atoms with van der Waals surface area (Å²) in [6.07, 6.45) is 3.59. The molecule has 132 valence electrons. The largest absolute Gasteiger partial charge is 0.396 e. The van der Waals surface area contributed by atoms with Crippen LogP contribution in [0.15, 0.2) is 50.2 Å². The standard InChI is InChI=1S/C15H14ClIN2O.2C2H6/c1-9(20)15(18)13-6-5-11(17)8-14(13)19-12-4-2-3-10(16)7-12;2*1-2/h2-4,7-8H,5-6,18H2,1H3;2*1-2H3/b15-13-,19-14?;;. The van der Waals surface area contributed by atoms with Crippen LogP contribution in [0.3, 0.4) is 0 Å². The predicted octanol–water partition coefficient (Wildman–Crippen LogP) is 6.38. The molecule has 3 nitrogen and oxygen atoms in total. The first-order valence-electron chi connectivity index (χ1n) is 8.17. The number of benzene rings is 1. The van der Waals surface area contributed by atoms with Gasteiger partial charge in [0, 0.05) is 17.5 Å². The van der Waals surface area contributed by atoms with Crippen molar-refractivity contribution in [3.05, 3.63) is 50.2 Å². The molecule has 0 fully saturated rings. The SMILES string of the molecule is CC.CC.CC(=O)/C(N)=C1\CCC(I)=CC1=Nc1cccc(Cl)c1. The second kappa shape index (κ2) is 12.3. The summed E-state index contributed by atoms with van der Waals surface area (Å²) in [5.41, 5.74) is 8.52. The number of ketones is 1. The molecule has 1 aliphatic carbocycles. The van der Waals surface area contributed by atoms with Crippen molar-refractivity contribution in [2.75, 3.05) is 0 Å². The first-order chi connectivity index (χ1) is 11.5. The Morgan fingerprint density at radius 1 is 1.21 bits per heavy atom. The number of nitrogens with zero attached hydrogens (tertiary/aromatic N) is 1. The number of carbonyl (C=O) groups excluding carboxylic acids is 1. The zero-order valence-corrected chi connectivity index (χ0v) is 17.9. The molecule has 0 saturated carbocycles. The number of carbonyl (C=O) groups is 1. The predicted molar refractivity (Wildman–Crippen MR) is 114 cm³/mol. The Morgan fingerprint density at radius 2 is 1.83 bits per heavy atom. The number of Topliss-reactive ketones (excluding diaryl/α,β-unsaturated/α-hetero) is 1. The number of allylic oxidation sites excluding steroid dienone is 4. The smallest absolute Gasteiger partial charge is 0.175 e. The summed E-state index contributed by atoms with van der Waals surface area (Å²) in [6.45, 7) is 9.47. The molecular formula is C19H26ClIN2O. The van der Waals surface area contributed by atoms with Crippen LogP contribution in [0, 0.1) is 0 Å². The minimum absolute atomic E-state index is 0.121. The fourth-order valence-electron chi connectivity index (χ4n) is 1.95. The highest BCUT2D eigenvalue weighted by Crippen LogP contribution is 2.29. The Hall–Kier alpha value is -1.14. The number of hydrogen-bond donors (Lipinski definition) is 1. The second-order valence-electron chi connectivity index (χ2n) is 4.52. The maximum atomic E-state index is 11.5. The zero-order valence-electron chi connectivity index (χ0n) is 15.0. The lowest BCUT2D eigenvalue weighted by Crippen LogP contribution is -2.18. The normalized spacial score (nSPS) is 17.0. The first kappa shape index (κ1) is 22.9. The second-order valence-corrected chi connectivity index (χ2v) is 6.34. The lowest BCUT2D eigenvalue weighted by atomic mass is 9.95. The maximum absolute atomic E-state index is 11.5. The topological polar surface area (TPSA) is 55.5 Å². The summed E-state index contributed by atoms with van der Waals surface area (Å²) < 4.78 is 1.20. The third kappa shape index (κ3) is 7.18. The van der Waals surface area contributed by atoms with Crippen LogP contribution in [-0.2, 0) is 4.79 Å². The molecule has 0 spiro atoms. The minimum Gasteiger partial charge on any atom is -0.396 e. The van der Waals surface area contributed by atoms with Crippen molar-refractivity contribution in [2.45, 2.75) is 47.5 Å². The van der Waals surface area contributed by atoms with Gasteiger partial charge in [0.25, 0.3) is 0 Å². The molecule has 0 amide bonds. The highest BCUT2D eigenvalue weighted by molar-refractivity contribution is 14.1. The maximum Gasteiger partial charge on any atom is 0.175 e. The molecule has 2 rings (SSSR count). The van der Waals surface area contributed by atoms with Gasteiger partial charge in [-0.25, -0.2) is 4.99 Å². The summed E-state index contributed by atoms with van der Waals surface area (Å²) in [5.74, 6) is -0.121. The number of halogens is 2. The molecule has 0 aromatic heterocycles. The average molecular weight is 461 g/mol. The molecule has 1 aromatic carbocycles. The van der Waals surface area contributed by atoms with Crippen molar-refractivity contribution in [1.82, 2.24) is 0 Å². The molecule has 0 atom stereocenters. The molecular weight excluding hydrogens is 435 g/mol. The molecule has 0 radical (unpaired) electrons. The lowest BCUT2D eigenvalue weighted by Gasteiger charge is -2.16. The van der Waals surface area contributed by atoms with E-state index in [2.05, 4.69) is 27.6 Å². The first-order valence-corrected chi connectivity index (χ1v) is 9.63. The molecule has 2 N–H and O–H groups in total. The van der Waals surface area contributed by atoms with Gasteiger partial charge in [-0.15, -0.1) is 0 Å². The van der Waals surface area contributed by atoms with Crippen molar-refractivity contribution >= 4 is 51.4 Å². The van der Waals surface area contributed by atoms with E-state index in [1.54, 1.807) is 12.1 Å². The monoisotopic (exact) mass is 460 g/mol. The van der Waals surface area contributed by atoms with Gasteiger partial charge in [0.2, 0.25) is 0 Å². The van der Waals surface area contributed by atoms with E-state index in [4.69, 9.17) is 17.3 Å². The van der Waals surface area contributed by atoms with Crippen LogP contribution < -0.4 is 5.73 Å². The molecule has 0 heterocycles. The van der Waals surface area contributed by atoms with Crippen LogP contribution in [-0.4, -0.2) is 11.5 Å². The lowest BCUT2D eigenvalue weighted by molar-refractivity contribution is -0.113. The van der Waals surface area contributed by atoms with E-state index in [9.17, 15) is 4.79 Å².